The Morgan fingerprint density at radius 3 is 2.75 bits per heavy atom. The van der Waals surface area contributed by atoms with Crippen LogP contribution in [-0.4, -0.2) is 48.2 Å². The van der Waals surface area contributed by atoms with Crippen LogP contribution in [0.25, 0.3) is 32.7 Å². The Morgan fingerprint density at radius 2 is 2.03 bits per heavy atom. The summed E-state index contributed by atoms with van der Waals surface area (Å²) in [5, 5.41) is 2.53. The van der Waals surface area contributed by atoms with E-state index in [-0.39, 0.29) is 18.5 Å². The second-order valence-corrected chi connectivity index (χ2v) is 10.8. The van der Waals surface area contributed by atoms with E-state index in [9.17, 15) is 0 Å². The van der Waals surface area contributed by atoms with Gasteiger partial charge in [0.1, 0.15) is 35.4 Å². The molecule has 0 spiro atoms. The maximum Gasteiger partial charge on any atom is 0.147 e. The summed E-state index contributed by atoms with van der Waals surface area (Å²) in [6.07, 6.45) is 8.98. The number of methoxy groups -OCH3 is 1. The molecule has 7 nitrogen and oxygen atoms in total. The molecule has 3 aromatic heterocycles. The first kappa shape index (κ1) is 23.9. The minimum absolute atomic E-state index is 0.200. The number of thiazole rings is 1. The van der Waals surface area contributed by atoms with Gasteiger partial charge in [-0.25, -0.2) is 9.97 Å². The van der Waals surface area contributed by atoms with E-state index in [1.165, 1.54) is 0 Å². The Balaban J connectivity index is 1.27. The zero-order valence-electron chi connectivity index (χ0n) is 20.1. The number of rotatable bonds is 9. The molecule has 1 aliphatic carbocycles. The van der Waals surface area contributed by atoms with Gasteiger partial charge in [0.15, 0.2) is 0 Å². The number of hydrogen-bond donors (Lipinski definition) is 1. The molecule has 36 heavy (non-hydrogen) atoms. The Morgan fingerprint density at radius 1 is 1.17 bits per heavy atom. The summed E-state index contributed by atoms with van der Waals surface area (Å²) in [6, 6.07) is 10.2. The molecular formula is C27H28ClN3O4S. The normalized spacial score (nSPS) is 19.0. The van der Waals surface area contributed by atoms with Crippen molar-refractivity contribution in [3.63, 3.8) is 0 Å². The van der Waals surface area contributed by atoms with E-state index in [1.807, 2.05) is 18.3 Å². The van der Waals surface area contributed by atoms with Crippen LogP contribution < -0.4 is 4.74 Å². The smallest absolute Gasteiger partial charge is 0.147 e. The van der Waals surface area contributed by atoms with E-state index in [4.69, 9.17) is 35.5 Å². The predicted octanol–water partition coefficient (Wildman–Crippen LogP) is 6.56. The summed E-state index contributed by atoms with van der Waals surface area (Å²) >= 11 is 8.31. The molecule has 4 heterocycles. The maximum absolute atomic E-state index is 6.68. The van der Waals surface area contributed by atoms with Crippen LogP contribution in [-0.2, 0) is 19.8 Å². The lowest BCUT2D eigenvalue weighted by Gasteiger charge is -2.39. The monoisotopic (exact) mass is 525 g/mol. The van der Waals surface area contributed by atoms with Crippen LogP contribution >= 0.6 is 22.9 Å². The van der Waals surface area contributed by atoms with Crippen LogP contribution in [0.5, 0.6) is 5.75 Å². The lowest BCUT2D eigenvalue weighted by Crippen LogP contribution is -2.37. The van der Waals surface area contributed by atoms with Gasteiger partial charge in [-0.2, -0.15) is 0 Å². The van der Waals surface area contributed by atoms with Crippen molar-refractivity contribution >= 4 is 34.0 Å². The van der Waals surface area contributed by atoms with Gasteiger partial charge >= 0.3 is 0 Å². The molecule has 188 valence electrons. The van der Waals surface area contributed by atoms with E-state index in [2.05, 4.69) is 28.2 Å². The van der Waals surface area contributed by atoms with Crippen molar-refractivity contribution in [1.82, 2.24) is 15.0 Å². The fraction of sp³-hybridized carbons (Fsp3) is 0.407. The summed E-state index contributed by atoms with van der Waals surface area (Å²) in [5.74, 6) is 0.838. The lowest BCUT2D eigenvalue weighted by molar-refractivity contribution is -0.171. The molecule has 1 unspecified atom stereocenters. The molecule has 1 N–H and O–H groups in total. The van der Waals surface area contributed by atoms with E-state index >= 15 is 0 Å². The zero-order chi connectivity index (χ0) is 24.5. The van der Waals surface area contributed by atoms with E-state index in [0.717, 1.165) is 82.2 Å². The second-order valence-electron chi connectivity index (χ2n) is 9.33. The standard InChI is InChI=1S/C27H28ClN3O4S/c1-32-16-35-27(9-3-10-27)26-30-14-23(36-26)24-20-12-22(31-25(20)29-13-21(24)28)17-5-7-18(8-6-17)34-15-19-4-2-11-33-19/h5-8,12-14,19H,2-4,9-11,15-16H2,1H3,(H,29,31). The maximum atomic E-state index is 6.68. The number of H-pyrrole nitrogens is 1. The molecule has 1 saturated carbocycles. The largest absolute Gasteiger partial charge is 0.491 e. The van der Waals surface area contributed by atoms with Gasteiger partial charge in [-0.05, 0) is 68.0 Å². The van der Waals surface area contributed by atoms with Gasteiger partial charge in [-0.3, -0.25) is 0 Å². The molecule has 1 atom stereocenters. The highest BCUT2D eigenvalue weighted by Crippen LogP contribution is 2.48. The summed E-state index contributed by atoms with van der Waals surface area (Å²) in [4.78, 5) is 13.7. The minimum Gasteiger partial charge on any atom is -0.491 e. The fourth-order valence-electron chi connectivity index (χ4n) is 4.84. The number of nitrogens with one attached hydrogen (secondary N) is 1. The first-order valence-corrected chi connectivity index (χ1v) is 13.5. The van der Waals surface area contributed by atoms with Gasteiger partial charge in [0.2, 0.25) is 0 Å². The topological polar surface area (TPSA) is 78.5 Å². The van der Waals surface area contributed by atoms with Crippen LogP contribution in [0.1, 0.15) is 37.1 Å². The fourth-order valence-corrected chi connectivity index (χ4v) is 6.34. The predicted molar refractivity (Wildman–Crippen MR) is 141 cm³/mol. The third-order valence-corrected chi connectivity index (χ3v) is 8.48. The Kier molecular flexibility index (Phi) is 6.71. The van der Waals surface area contributed by atoms with Crippen molar-refractivity contribution in [1.29, 1.82) is 0 Å². The first-order chi connectivity index (χ1) is 17.6. The summed E-state index contributed by atoms with van der Waals surface area (Å²) < 4.78 is 22.8. The second kappa shape index (κ2) is 10.1. The summed E-state index contributed by atoms with van der Waals surface area (Å²) in [5.41, 5.74) is 3.38. The number of ether oxygens (including phenoxy) is 4. The molecule has 1 aromatic carbocycles. The van der Waals surface area contributed by atoms with E-state index in [0.29, 0.717) is 11.6 Å². The Labute approximate surface area is 218 Å². The van der Waals surface area contributed by atoms with Gasteiger partial charge in [0.05, 0.1) is 16.0 Å². The van der Waals surface area contributed by atoms with Crippen LogP contribution in [0, 0.1) is 0 Å². The number of fused-ring (bicyclic) bond motifs is 1. The average Bonchev–Trinajstić information content (AvgIpc) is 3.64. The van der Waals surface area contributed by atoms with E-state index in [1.54, 1.807) is 24.6 Å². The van der Waals surface area contributed by atoms with Crippen molar-refractivity contribution in [2.45, 2.75) is 43.8 Å². The Bertz CT molecular complexity index is 1340. The number of halogens is 1. The Hall–Kier alpha value is -2.49. The van der Waals surface area contributed by atoms with Crippen molar-refractivity contribution in [3.8, 4) is 27.4 Å². The van der Waals surface area contributed by atoms with Crippen molar-refractivity contribution in [3.05, 3.63) is 52.8 Å². The first-order valence-electron chi connectivity index (χ1n) is 12.3. The zero-order valence-corrected chi connectivity index (χ0v) is 21.7. The van der Waals surface area contributed by atoms with Crippen LogP contribution in [0.4, 0.5) is 0 Å². The molecule has 0 bridgehead atoms. The molecule has 0 radical (unpaired) electrons. The molecular weight excluding hydrogens is 498 g/mol. The highest BCUT2D eigenvalue weighted by Gasteiger charge is 2.43. The highest BCUT2D eigenvalue weighted by molar-refractivity contribution is 7.15. The molecule has 6 rings (SSSR count). The van der Waals surface area contributed by atoms with Gasteiger partial charge in [0.25, 0.3) is 0 Å². The molecule has 2 fully saturated rings. The van der Waals surface area contributed by atoms with Gasteiger partial charge in [-0.15, -0.1) is 11.3 Å². The number of hydrogen-bond acceptors (Lipinski definition) is 7. The van der Waals surface area contributed by atoms with Crippen LogP contribution in [0.15, 0.2) is 42.7 Å². The average molecular weight is 526 g/mol. The number of benzene rings is 1. The van der Waals surface area contributed by atoms with Crippen LogP contribution in [0.3, 0.4) is 0 Å². The number of aromatic amines is 1. The quantitative estimate of drug-likeness (QED) is 0.249. The van der Waals surface area contributed by atoms with Crippen molar-refractivity contribution in [2.24, 2.45) is 0 Å². The molecule has 1 saturated heterocycles. The molecule has 9 heteroatoms. The van der Waals surface area contributed by atoms with Crippen LogP contribution in [0.2, 0.25) is 5.02 Å². The van der Waals surface area contributed by atoms with Crippen molar-refractivity contribution < 1.29 is 18.9 Å². The summed E-state index contributed by atoms with van der Waals surface area (Å²) in [6.45, 7) is 1.68. The number of pyridine rings is 1. The van der Waals surface area contributed by atoms with Gasteiger partial charge in [0, 0.05) is 42.8 Å². The SMILES string of the molecule is COCOC1(c2ncc(-c3c(Cl)cnc4[nH]c(-c5ccc(OCC6CCCO6)cc5)cc34)s2)CCC1. The molecule has 4 aromatic rings. The lowest BCUT2D eigenvalue weighted by atomic mass is 9.80. The molecule has 0 amide bonds. The third-order valence-electron chi connectivity index (χ3n) is 6.99. The summed E-state index contributed by atoms with van der Waals surface area (Å²) in [7, 11) is 1.64. The van der Waals surface area contributed by atoms with Crippen molar-refractivity contribution in [2.75, 3.05) is 27.1 Å². The molecule has 1 aliphatic heterocycles. The third kappa shape index (κ3) is 4.53. The van der Waals surface area contributed by atoms with E-state index < -0.39 is 0 Å². The highest BCUT2D eigenvalue weighted by atomic mass is 35.5. The molecule has 2 aliphatic rings. The van der Waals surface area contributed by atoms with Gasteiger partial charge < -0.3 is 23.9 Å². The minimum atomic E-state index is -0.353. The number of aromatic nitrogens is 3. The van der Waals surface area contributed by atoms with Gasteiger partial charge in [-0.1, -0.05) is 11.6 Å². The number of nitrogens with zero attached hydrogens (tertiary/aromatic N) is 2.